The molecule has 0 spiro atoms. The Hall–Kier alpha value is -2.23. The van der Waals surface area contributed by atoms with Crippen LogP contribution in [0.5, 0.6) is 11.5 Å². The fraction of sp³-hybridized carbons (Fsp3) is 0.0833. The summed E-state index contributed by atoms with van der Waals surface area (Å²) in [6, 6.07) is 1.14. The Morgan fingerprint density at radius 1 is 1.25 bits per heavy atom. The first-order valence-electron chi connectivity index (χ1n) is 6.06. The SMILES string of the molecule is [2H]c1c(O)c([2H])c(C(=O)c2ccc(C)[nH]2)c([2H])c1O. The van der Waals surface area contributed by atoms with Crippen LogP contribution in [0.25, 0.3) is 0 Å². The molecule has 4 heteroatoms. The van der Waals surface area contributed by atoms with E-state index in [1.54, 1.807) is 13.0 Å². The van der Waals surface area contributed by atoms with Gasteiger partial charge in [-0.05, 0) is 31.1 Å². The maximum absolute atomic E-state index is 12.2. The van der Waals surface area contributed by atoms with E-state index in [-0.39, 0.29) is 5.69 Å². The van der Waals surface area contributed by atoms with Crippen molar-refractivity contribution in [1.82, 2.24) is 4.98 Å². The summed E-state index contributed by atoms with van der Waals surface area (Å²) in [7, 11) is 0. The lowest BCUT2D eigenvalue weighted by atomic mass is 10.1. The van der Waals surface area contributed by atoms with E-state index < -0.39 is 41.0 Å². The van der Waals surface area contributed by atoms with E-state index in [9.17, 15) is 15.0 Å². The van der Waals surface area contributed by atoms with Gasteiger partial charge in [0, 0.05) is 17.3 Å². The molecule has 0 fully saturated rings. The van der Waals surface area contributed by atoms with Crippen molar-refractivity contribution in [3.8, 4) is 11.5 Å². The van der Waals surface area contributed by atoms with Crippen molar-refractivity contribution < 1.29 is 19.1 Å². The summed E-state index contributed by atoms with van der Waals surface area (Å²) in [6.07, 6.45) is 0. The highest BCUT2D eigenvalue weighted by atomic mass is 16.3. The first kappa shape index (κ1) is 7.11. The van der Waals surface area contributed by atoms with E-state index in [1.807, 2.05) is 0 Å². The maximum Gasteiger partial charge on any atom is 0.209 e. The molecule has 0 radical (unpaired) electrons. The standard InChI is InChI=1S/C12H11NO3/c1-7-2-3-11(13-7)12(16)8-4-9(14)6-10(15)5-8/h2-6,13-15H,1H3/i4D,5D,6D. The number of aromatic nitrogens is 1. The molecule has 2 aromatic rings. The van der Waals surface area contributed by atoms with E-state index in [4.69, 9.17) is 4.11 Å². The molecule has 0 saturated heterocycles. The number of phenols is 2. The highest BCUT2D eigenvalue weighted by Gasteiger charge is 2.12. The number of carbonyl (C=O) groups excluding carboxylic acids is 1. The summed E-state index contributed by atoms with van der Waals surface area (Å²) in [5, 5.41) is 19.0. The van der Waals surface area contributed by atoms with Gasteiger partial charge in [0.2, 0.25) is 5.78 Å². The number of ketones is 1. The molecule has 0 aliphatic rings. The van der Waals surface area contributed by atoms with Crippen LogP contribution in [0.2, 0.25) is 0 Å². The van der Waals surface area contributed by atoms with Gasteiger partial charge < -0.3 is 15.2 Å². The summed E-state index contributed by atoms with van der Waals surface area (Å²) >= 11 is 0. The molecular weight excluding hydrogens is 206 g/mol. The minimum absolute atomic E-state index is 0.149. The third-order valence-corrected chi connectivity index (χ3v) is 2.03. The fourth-order valence-corrected chi connectivity index (χ4v) is 1.33. The van der Waals surface area contributed by atoms with Gasteiger partial charge in [0.1, 0.15) is 11.5 Å². The predicted molar refractivity (Wildman–Crippen MR) is 58.7 cm³/mol. The third-order valence-electron chi connectivity index (χ3n) is 2.03. The van der Waals surface area contributed by atoms with Crippen LogP contribution in [-0.4, -0.2) is 21.0 Å². The maximum atomic E-state index is 12.2. The lowest BCUT2D eigenvalue weighted by Gasteiger charge is -2.01. The molecule has 1 heterocycles. The van der Waals surface area contributed by atoms with Gasteiger partial charge in [-0.3, -0.25) is 4.79 Å². The van der Waals surface area contributed by atoms with Crippen LogP contribution >= 0.6 is 0 Å². The molecule has 0 atom stereocenters. The van der Waals surface area contributed by atoms with Crippen molar-refractivity contribution in [2.45, 2.75) is 6.92 Å². The van der Waals surface area contributed by atoms with Crippen LogP contribution < -0.4 is 0 Å². The first-order valence-corrected chi connectivity index (χ1v) is 4.56. The summed E-state index contributed by atoms with van der Waals surface area (Å²) < 4.78 is 22.6. The van der Waals surface area contributed by atoms with Crippen LogP contribution in [0.4, 0.5) is 0 Å². The number of hydrogen-bond acceptors (Lipinski definition) is 3. The van der Waals surface area contributed by atoms with Crippen LogP contribution in [-0.2, 0) is 0 Å². The molecule has 4 nitrogen and oxygen atoms in total. The van der Waals surface area contributed by atoms with Gasteiger partial charge in [-0.25, -0.2) is 0 Å². The van der Waals surface area contributed by atoms with Crippen molar-refractivity contribution >= 4 is 5.78 Å². The van der Waals surface area contributed by atoms with Crippen molar-refractivity contribution in [1.29, 1.82) is 0 Å². The van der Waals surface area contributed by atoms with Crippen molar-refractivity contribution in [3.05, 3.63) is 47.2 Å². The number of rotatable bonds is 2. The normalized spacial score (nSPS) is 12.9. The summed E-state index contributed by atoms with van der Waals surface area (Å²) in [6.45, 7) is 1.74. The molecule has 0 aliphatic heterocycles. The zero-order valence-corrected chi connectivity index (χ0v) is 8.46. The second-order valence-corrected chi connectivity index (χ2v) is 3.33. The van der Waals surface area contributed by atoms with Gasteiger partial charge in [-0.2, -0.15) is 0 Å². The molecular formula is C12H11NO3. The number of aryl methyl sites for hydroxylation is 1. The third kappa shape index (κ3) is 1.91. The van der Waals surface area contributed by atoms with Gasteiger partial charge in [0.15, 0.2) is 0 Å². The molecule has 1 aromatic heterocycles. The Labute approximate surface area is 96.4 Å². The summed E-state index contributed by atoms with van der Waals surface area (Å²) in [4.78, 5) is 14.9. The lowest BCUT2D eigenvalue weighted by molar-refractivity contribution is 0.103. The summed E-state index contributed by atoms with van der Waals surface area (Å²) in [5.41, 5.74) is 0.441. The van der Waals surface area contributed by atoms with Gasteiger partial charge in [-0.1, -0.05) is 0 Å². The van der Waals surface area contributed by atoms with E-state index in [1.165, 1.54) is 6.07 Å². The largest absolute Gasteiger partial charge is 0.508 e. The van der Waals surface area contributed by atoms with E-state index >= 15 is 0 Å². The topological polar surface area (TPSA) is 73.3 Å². The zero-order valence-electron chi connectivity index (χ0n) is 11.5. The molecule has 3 N–H and O–H groups in total. The number of benzene rings is 1. The number of phenolic OH excluding ortho intramolecular Hbond substituents is 2. The molecule has 0 aliphatic carbocycles. The number of nitrogens with one attached hydrogen (secondary N) is 1. The lowest BCUT2D eigenvalue weighted by Crippen LogP contribution is -2.01. The Bertz CT molecular complexity index is 650. The van der Waals surface area contributed by atoms with Crippen LogP contribution in [0.1, 0.15) is 25.9 Å². The first-order chi connectivity index (χ1) is 8.84. The highest BCUT2D eigenvalue weighted by Crippen LogP contribution is 2.22. The molecule has 1 aromatic carbocycles. The van der Waals surface area contributed by atoms with Gasteiger partial charge in [0.05, 0.1) is 9.81 Å². The van der Waals surface area contributed by atoms with E-state index in [2.05, 4.69) is 4.98 Å². The zero-order chi connectivity index (χ0) is 14.3. The molecule has 16 heavy (non-hydrogen) atoms. The Morgan fingerprint density at radius 3 is 2.38 bits per heavy atom. The van der Waals surface area contributed by atoms with Crippen molar-refractivity contribution in [2.75, 3.05) is 0 Å². The smallest absolute Gasteiger partial charge is 0.209 e. The fourth-order valence-electron chi connectivity index (χ4n) is 1.33. The minimum atomic E-state index is -0.819. The van der Waals surface area contributed by atoms with E-state index in [0.29, 0.717) is 0 Å². The summed E-state index contributed by atoms with van der Waals surface area (Å²) in [5.74, 6) is -2.33. The van der Waals surface area contributed by atoms with Crippen LogP contribution in [0.15, 0.2) is 30.3 Å². The number of aromatic hydroxyl groups is 2. The van der Waals surface area contributed by atoms with Crippen molar-refractivity contribution in [3.63, 3.8) is 0 Å². The average Bonchev–Trinajstić information content (AvgIpc) is 2.81. The Morgan fingerprint density at radius 2 is 1.88 bits per heavy atom. The minimum Gasteiger partial charge on any atom is -0.508 e. The number of hydrogen-bond donors (Lipinski definition) is 3. The van der Waals surface area contributed by atoms with E-state index in [0.717, 1.165) is 5.69 Å². The molecule has 0 bridgehead atoms. The molecule has 2 rings (SSSR count). The monoisotopic (exact) mass is 220 g/mol. The van der Waals surface area contributed by atoms with Gasteiger partial charge >= 0.3 is 0 Å². The predicted octanol–water partition coefficient (Wildman–Crippen LogP) is 1.97. The molecule has 0 saturated carbocycles. The number of H-pyrrole nitrogens is 1. The second kappa shape index (κ2) is 3.73. The van der Waals surface area contributed by atoms with Crippen LogP contribution in [0, 0.1) is 6.92 Å². The number of aromatic amines is 1. The molecule has 0 unspecified atom stereocenters. The Balaban J connectivity index is 2.66. The number of carbonyl (C=O) groups is 1. The Kier molecular flexibility index (Phi) is 1.66. The quantitative estimate of drug-likeness (QED) is 0.677. The van der Waals surface area contributed by atoms with Gasteiger partial charge in [0.25, 0.3) is 0 Å². The van der Waals surface area contributed by atoms with Crippen molar-refractivity contribution in [2.24, 2.45) is 0 Å². The highest BCUT2D eigenvalue weighted by molar-refractivity contribution is 6.08. The average molecular weight is 220 g/mol. The second-order valence-electron chi connectivity index (χ2n) is 3.33. The molecule has 0 amide bonds. The molecule has 82 valence electrons. The van der Waals surface area contributed by atoms with Gasteiger partial charge in [-0.15, -0.1) is 0 Å². The van der Waals surface area contributed by atoms with Crippen LogP contribution in [0.3, 0.4) is 0 Å².